The number of aliphatic imine (C=N–C) groups is 1. The van der Waals surface area contributed by atoms with Crippen LogP contribution >= 0.6 is 0 Å². The van der Waals surface area contributed by atoms with Gasteiger partial charge in [-0.2, -0.15) is 19.9 Å². The first-order valence-electron chi connectivity index (χ1n) is 8.67. The summed E-state index contributed by atoms with van der Waals surface area (Å²) in [7, 11) is 8.91. The Morgan fingerprint density at radius 2 is 1.60 bits per heavy atom. The van der Waals surface area contributed by atoms with Crippen LogP contribution in [-0.4, -0.2) is 74.8 Å². The lowest BCUT2D eigenvalue weighted by molar-refractivity contribution is 0.0925. The summed E-state index contributed by atoms with van der Waals surface area (Å²) in [4.78, 5) is 23.0. The molecule has 0 aliphatic carbocycles. The van der Waals surface area contributed by atoms with Crippen LogP contribution in [0.4, 0.5) is 5.82 Å². The molecule has 0 bridgehead atoms. The lowest BCUT2D eigenvalue weighted by Crippen LogP contribution is -2.41. The molecule has 0 spiro atoms. The fourth-order valence-corrected chi connectivity index (χ4v) is 2.77. The molecule has 1 aliphatic heterocycles. The first-order valence-corrected chi connectivity index (χ1v) is 8.67. The molecule has 12 heteroatoms. The molecule has 1 unspecified atom stereocenters. The van der Waals surface area contributed by atoms with E-state index in [9.17, 15) is 0 Å². The summed E-state index contributed by atoms with van der Waals surface area (Å²) in [5.41, 5.74) is 0.914. The molecule has 3 heterocycles. The zero-order valence-corrected chi connectivity index (χ0v) is 17.4. The fourth-order valence-electron chi connectivity index (χ4n) is 2.77. The van der Waals surface area contributed by atoms with E-state index in [0.29, 0.717) is 23.0 Å². The Balaban J connectivity index is 2.25. The highest BCUT2D eigenvalue weighted by molar-refractivity contribution is 6.21. The van der Waals surface area contributed by atoms with Crippen LogP contribution in [0.15, 0.2) is 29.2 Å². The van der Waals surface area contributed by atoms with Crippen LogP contribution in [0.25, 0.3) is 5.57 Å². The maximum Gasteiger partial charge on any atom is 0.321 e. The van der Waals surface area contributed by atoms with Gasteiger partial charge in [-0.3, -0.25) is 0 Å². The second-order valence-corrected chi connectivity index (χ2v) is 5.64. The van der Waals surface area contributed by atoms with Crippen molar-refractivity contribution in [2.75, 3.05) is 47.6 Å². The van der Waals surface area contributed by atoms with Crippen molar-refractivity contribution in [3.63, 3.8) is 0 Å². The lowest BCUT2D eigenvalue weighted by atomic mass is 10.1. The van der Waals surface area contributed by atoms with Crippen molar-refractivity contribution in [1.29, 1.82) is 0 Å². The van der Waals surface area contributed by atoms with Crippen molar-refractivity contribution in [3.8, 4) is 17.9 Å². The minimum absolute atomic E-state index is 0.0985. The molecule has 2 aromatic heterocycles. The summed E-state index contributed by atoms with van der Waals surface area (Å²) < 4.78 is 32.3. The molecule has 160 valence electrons. The summed E-state index contributed by atoms with van der Waals surface area (Å²) in [6.45, 7) is 0. The quantitative estimate of drug-likeness (QED) is 0.642. The number of anilines is 1. The number of ether oxygens (including phenoxy) is 6. The highest BCUT2D eigenvalue weighted by atomic mass is 16.5. The normalized spacial score (nSPS) is 16.1. The average Bonchev–Trinajstić information content (AvgIpc) is 2.81. The van der Waals surface area contributed by atoms with Crippen LogP contribution in [0.1, 0.15) is 5.69 Å². The maximum atomic E-state index is 5.73. The number of aromatic nitrogens is 4. The van der Waals surface area contributed by atoms with Gasteiger partial charge >= 0.3 is 12.0 Å². The Hall–Kier alpha value is -3.67. The second kappa shape index (κ2) is 9.22. The van der Waals surface area contributed by atoms with Crippen molar-refractivity contribution in [3.05, 3.63) is 29.9 Å². The van der Waals surface area contributed by atoms with Gasteiger partial charge in [0.25, 0.3) is 0 Å². The van der Waals surface area contributed by atoms with Crippen molar-refractivity contribution >= 4 is 17.3 Å². The van der Waals surface area contributed by atoms with Gasteiger partial charge in [0, 0.05) is 19.4 Å². The molecule has 1 atom stereocenters. The Morgan fingerprint density at radius 3 is 2.20 bits per heavy atom. The van der Waals surface area contributed by atoms with Crippen LogP contribution in [0.3, 0.4) is 0 Å². The summed E-state index contributed by atoms with van der Waals surface area (Å²) in [6, 6.07) is 3.55. The fraction of sp³-hybridized carbons (Fsp3) is 0.389. The van der Waals surface area contributed by atoms with Gasteiger partial charge in [-0.25, -0.2) is 9.88 Å². The summed E-state index contributed by atoms with van der Waals surface area (Å²) in [5.74, 6) is 1.22. The van der Waals surface area contributed by atoms with E-state index in [1.54, 1.807) is 23.2 Å². The number of hydrogen-bond acceptors (Lipinski definition) is 12. The Bertz CT molecular complexity index is 944. The molecular formula is C18H22N6O6. The molecule has 1 aliphatic rings. The molecule has 3 rings (SSSR count). The first-order chi connectivity index (χ1) is 14.6. The van der Waals surface area contributed by atoms with E-state index in [4.69, 9.17) is 28.4 Å². The van der Waals surface area contributed by atoms with Gasteiger partial charge in [-0.15, -0.1) is 0 Å². The number of rotatable bonds is 7. The van der Waals surface area contributed by atoms with Crippen molar-refractivity contribution in [2.45, 2.75) is 6.35 Å². The number of nitrogens with zero attached hydrogens (tertiary/aromatic N) is 6. The van der Waals surface area contributed by atoms with Crippen molar-refractivity contribution in [2.24, 2.45) is 4.99 Å². The molecule has 0 saturated carbocycles. The molecule has 0 saturated heterocycles. The van der Waals surface area contributed by atoms with Crippen molar-refractivity contribution < 1.29 is 28.4 Å². The van der Waals surface area contributed by atoms with Gasteiger partial charge < -0.3 is 28.4 Å². The number of methoxy groups -OCH3 is 6. The highest BCUT2D eigenvalue weighted by Crippen LogP contribution is 2.35. The largest absolute Gasteiger partial charge is 0.481 e. The monoisotopic (exact) mass is 418 g/mol. The van der Waals surface area contributed by atoms with Crippen molar-refractivity contribution in [1.82, 2.24) is 19.9 Å². The average molecular weight is 418 g/mol. The molecule has 0 N–H and O–H groups in total. The smallest absolute Gasteiger partial charge is 0.321 e. The van der Waals surface area contributed by atoms with Crippen LogP contribution in [-0.2, 0) is 14.2 Å². The van der Waals surface area contributed by atoms with Crippen LogP contribution in [0.5, 0.6) is 17.9 Å². The molecule has 0 radical (unpaired) electrons. The molecule has 0 amide bonds. The summed E-state index contributed by atoms with van der Waals surface area (Å²) in [6.07, 6.45) is 0.699. The molecule has 30 heavy (non-hydrogen) atoms. The standard InChI is InChI=1S/C18H22N6O6/c1-25-12-9-11(21-17(22-12)29-5)24-15(27-3)13(14(26-2)23-18(24)30-6)10-7-8-19-16(20-10)28-4/h7-9,18H,1-6H3. The molecular weight excluding hydrogens is 396 g/mol. The van der Waals surface area contributed by atoms with Crippen LogP contribution < -0.4 is 19.1 Å². The summed E-state index contributed by atoms with van der Waals surface area (Å²) in [5, 5.41) is 0. The number of hydrogen-bond donors (Lipinski definition) is 0. The Morgan fingerprint density at radius 1 is 0.833 bits per heavy atom. The van der Waals surface area contributed by atoms with E-state index in [0.717, 1.165) is 0 Å². The van der Waals surface area contributed by atoms with E-state index in [-0.39, 0.29) is 23.8 Å². The van der Waals surface area contributed by atoms with E-state index in [2.05, 4.69) is 24.9 Å². The SMILES string of the molecule is COC1=NC(OC)N(c2cc(OC)nc(OC)n2)C(OC)=C1c1ccnc(OC)n1. The highest BCUT2D eigenvalue weighted by Gasteiger charge is 2.36. The van der Waals surface area contributed by atoms with Crippen LogP contribution in [0, 0.1) is 0 Å². The predicted octanol–water partition coefficient (Wildman–Crippen LogP) is 1.10. The third-order valence-corrected chi connectivity index (χ3v) is 4.07. The van der Waals surface area contributed by atoms with E-state index >= 15 is 0 Å². The van der Waals surface area contributed by atoms with Crippen LogP contribution in [0.2, 0.25) is 0 Å². The van der Waals surface area contributed by atoms with Gasteiger partial charge in [-0.05, 0) is 6.07 Å². The molecule has 0 fully saturated rings. The lowest BCUT2D eigenvalue weighted by Gasteiger charge is -2.34. The van der Waals surface area contributed by atoms with Gasteiger partial charge in [0.2, 0.25) is 24.0 Å². The van der Waals surface area contributed by atoms with E-state index in [1.807, 2.05) is 0 Å². The maximum absolute atomic E-state index is 5.73. The molecule has 2 aromatic rings. The van der Waals surface area contributed by atoms with Gasteiger partial charge in [-0.1, -0.05) is 0 Å². The first kappa shape index (κ1) is 21.0. The molecule has 0 aromatic carbocycles. The van der Waals surface area contributed by atoms with Gasteiger partial charge in [0.15, 0.2) is 0 Å². The third-order valence-electron chi connectivity index (χ3n) is 4.07. The van der Waals surface area contributed by atoms with E-state index < -0.39 is 6.35 Å². The minimum Gasteiger partial charge on any atom is -0.481 e. The van der Waals surface area contributed by atoms with Gasteiger partial charge in [0.05, 0.1) is 41.2 Å². The minimum atomic E-state index is -0.855. The Labute approximate surface area is 173 Å². The zero-order chi connectivity index (χ0) is 21.7. The Kier molecular flexibility index (Phi) is 6.47. The second-order valence-electron chi connectivity index (χ2n) is 5.64. The predicted molar refractivity (Wildman–Crippen MR) is 105 cm³/mol. The third kappa shape index (κ3) is 3.89. The van der Waals surface area contributed by atoms with E-state index in [1.165, 1.54) is 42.7 Å². The zero-order valence-electron chi connectivity index (χ0n) is 17.4. The molecule has 12 nitrogen and oxygen atoms in total. The van der Waals surface area contributed by atoms with Gasteiger partial charge in [0.1, 0.15) is 11.4 Å². The topological polar surface area (TPSA) is 123 Å². The summed E-state index contributed by atoms with van der Waals surface area (Å²) >= 11 is 0.